The lowest BCUT2D eigenvalue weighted by Gasteiger charge is -2.09. The SMILES string of the molecule is CC(CCN)SCc1ccc(Cl)c(Cl)c1. The first-order valence-electron chi connectivity index (χ1n) is 4.89. The zero-order valence-corrected chi connectivity index (χ0v) is 11.0. The van der Waals surface area contributed by atoms with E-state index in [4.69, 9.17) is 28.9 Å². The number of hydrogen-bond donors (Lipinski definition) is 1. The van der Waals surface area contributed by atoms with Crippen molar-refractivity contribution in [3.8, 4) is 0 Å². The molecule has 0 aliphatic heterocycles. The van der Waals surface area contributed by atoms with E-state index in [9.17, 15) is 0 Å². The van der Waals surface area contributed by atoms with E-state index >= 15 is 0 Å². The van der Waals surface area contributed by atoms with Crippen molar-refractivity contribution in [1.29, 1.82) is 0 Å². The third kappa shape index (κ3) is 4.64. The molecule has 0 spiro atoms. The summed E-state index contributed by atoms with van der Waals surface area (Å²) in [6.07, 6.45) is 1.05. The van der Waals surface area contributed by atoms with Crippen LogP contribution in [0.25, 0.3) is 0 Å². The van der Waals surface area contributed by atoms with Crippen LogP contribution >= 0.6 is 35.0 Å². The molecule has 1 atom stereocenters. The van der Waals surface area contributed by atoms with Crippen molar-refractivity contribution >= 4 is 35.0 Å². The van der Waals surface area contributed by atoms with Crippen molar-refractivity contribution in [3.05, 3.63) is 33.8 Å². The normalized spacial score (nSPS) is 12.8. The summed E-state index contributed by atoms with van der Waals surface area (Å²) >= 11 is 13.7. The highest BCUT2D eigenvalue weighted by molar-refractivity contribution is 7.99. The van der Waals surface area contributed by atoms with E-state index in [1.54, 1.807) is 0 Å². The Balaban J connectivity index is 2.47. The number of halogens is 2. The van der Waals surface area contributed by atoms with Gasteiger partial charge in [0.25, 0.3) is 0 Å². The largest absolute Gasteiger partial charge is 0.330 e. The Hall–Kier alpha value is 0.110. The van der Waals surface area contributed by atoms with Crippen molar-refractivity contribution in [2.24, 2.45) is 5.73 Å². The Morgan fingerprint density at radius 2 is 2.07 bits per heavy atom. The van der Waals surface area contributed by atoms with Crippen molar-refractivity contribution in [1.82, 2.24) is 0 Å². The molecule has 0 heterocycles. The molecule has 0 amide bonds. The fourth-order valence-corrected chi connectivity index (χ4v) is 2.47. The van der Waals surface area contributed by atoms with Crippen LogP contribution in [0.2, 0.25) is 10.0 Å². The number of thioether (sulfide) groups is 1. The monoisotopic (exact) mass is 263 g/mol. The molecule has 1 aromatic carbocycles. The van der Waals surface area contributed by atoms with E-state index in [0.29, 0.717) is 15.3 Å². The molecule has 0 saturated carbocycles. The number of benzene rings is 1. The summed E-state index contributed by atoms with van der Waals surface area (Å²) in [5.41, 5.74) is 6.70. The Morgan fingerprint density at radius 1 is 1.33 bits per heavy atom. The van der Waals surface area contributed by atoms with E-state index in [0.717, 1.165) is 18.7 Å². The molecule has 15 heavy (non-hydrogen) atoms. The lowest BCUT2D eigenvalue weighted by molar-refractivity contribution is 0.823. The summed E-state index contributed by atoms with van der Waals surface area (Å²) in [5, 5.41) is 1.83. The molecule has 0 aromatic heterocycles. The molecule has 0 bridgehead atoms. The van der Waals surface area contributed by atoms with Crippen LogP contribution in [0.3, 0.4) is 0 Å². The van der Waals surface area contributed by atoms with Gasteiger partial charge in [-0.25, -0.2) is 0 Å². The van der Waals surface area contributed by atoms with E-state index in [1.807, 2.05) is 30.0 Å². The van der Waals surface area contributed by atoms with Gasteiger partial charge in [-0.15, -0.1) is 0 Å². The van der Waals surface area contributed by atoms with Gasteiger partial charge in [-0.1, -0.05) is 36.2 Å². The van der Waals surface area contributed by atoms with Crippen LogP contribution in [0.5, 0.6) is 0 Å². The molecule has 0 radical (unpaired) electrons. The molecule has 0 fully saturated rings. The van der Waals surface area contributed by atoms with Crippen LogP contribution in [0, 0.1) is 0 Å². The number of nitrogens with two attached hydrogens (primary N) is 1. The van der Waals surface area contributed by atoms with Crippen LogP contribution in [0.15, 0.2) is 18.2 Å². The Kier molecular flexibility index (Phi) is 5.83. The fraction of sp³-hybridized carbons (Fsp3) is 0.455. The maximum atomic E-state index is 5.93. The predicted molar refractivity (Wildman–Crippen MR) is 70.9 cm³/mol. The molecule has 0 saturated heterocycles. The highest BCUT2D eigenvalue weighted by Crippen LogP contribution is 2.26. The van der Waals surface area contributed by atoms with E-state index in [1.165, 1.54) is 5.56 Å². The van der Waals surface area contributed by atoms with Gasteiger partial charge in [0.05, 0.1) is 10.0 Å². The zero-order valence-electron chi connectivity index (χ0n) is 8.67. The fourth-order valence-electron chi connectivity index (χ4n) is 1.19. The second kappa shape index (κ2) is 6.64. The lowest BCUT2D eigenvalue weighted by Crippen LogP contribution is -2.07. The highest BCUT2D eigenvalue weighted by atomic mass is 35.5. The summed E-state index contributed by atoms with van der Waals surface area (Å²) < 4.78 is 0. The first-order valence-corrected chi connectivity index (χ1v) is 6.69. The van der Waals surface area contributed by atoms with Crippen LogP contribution in [-0.4, -0.2) is 11.8 Å². The van der Waals surface area contributed by atoms with Gasteiger partial charge in [0, 0.05) is 11.0 Å². The zero-order chi connectivity index (χ0) is 11.3. The Bertz CT molecular complexity index is 317. The van der Waals surface area contributed by atoms with Crippen LogP contribution < -0.4 is 5.73 Å². The topological polar surface area (TPSA) is 26.0 Å². The Labute approximate surface area is 105 Å². The maximum absolute atomic E-state index is 5.93. The second-order valence-electron chi connectivity index (χ2n) is 3.45. The van der Waals surface area contributed by atoms with Crippen LogP contribution in [0.4, 0.5) is 0 Å². The van der Waals surface area contributed by atoms with Crippen molar-refractivity contribution in [2.45, 2.75) is 24.3 Å². The third-order valence-corrected chi connectivity index (χ3v) is 4.14. The first-order chi connectivity index (χ1) is 7.13. The van der Waals surface area contributed by atoms with Crippen molar-refractivity contribution in [2.75, 3.05) is 6.54 Å². The molecule has 0 aliphatic carbocycles. The standard InChI is InChI=1S/C11H15Cl2NS/c1-8(4-5-14)15-7-9-2-3-10(12)11(13)6-9/h2-3,6,8H,4-5,7,14H2,1H3. The van der Waals surface area contributed by atoms with Gasteiger partial charge >= 0.3 is 0 Å². The number of hydrogen-bond acceptors (Lipinski definition) is 2. The van der Waals surface area contributed by atoms with E-state index in [-0.39, 0.29) is 0 Å². The smallest absolute Gasteiger partial charge is 0.0595 e. The summed E-state index contributed by atoms with van der Waals surface area (Å²) in [7, 11) is 0. The van der Waals surface area contributed by atoms with Gasteiger partial charge in [0.2, 0.25) is 0 Å². The lowest BCUT2D eigenvalue weighted by atomic mass is 10.2. The molecule has 1 unspecified atom stereocenters. The molecule has 0 aliphatic rings. The second-order valence-corrected chi connectivity index (χ2v) is 5.69. The maximum Gasteiger partial charge on any atom is 0.0595 e. The van der Waals surface area contributed by atoms with Crippen LogP contribution in [0.1, 0.15) is 18.9 Å². The number of rotatable bonds is 5. The molecule has 84 valence electrons. The third-order valence-electron chi connectivity index (χ3n) is 2.09. The van der Waals surface area contributed by atoms with Gasteiger partial charge < -0.3 is 5.73 Å². The molecular formula is C11H15Cl2NS. The van der Waals surface area contributed by atoms with Gasteiger partial charge in [-0.3, -0.25) is 0 Å². The minimum absolute atomic E-state index is 0.587. The van der Waals surface area contributed by atoms with Gasteiger partial charge in [0.15, 0.2) is 0 Å². The molecule has 1 rings (SSSR count). The summed E-state index contributed by atoms with van der Waals surface area (Å²) in [6, 6.07) is 5.77. The molecular weight excluding hydrogens is 249 g/mol. The van der Waals surface area contributed by atoms with Crippen molar-refractivity contribution in [3.63, 3.8) is 0 Å². The highest BCUT2D eigenvalue weighted by Gasteiger charge is 2.03. The summed E-state index contributed by atoms with van der Waals surface area (Å²) in [4.78, 5) is 0. The average Bonchev–Trinajstić information content (AvgIpc) is 2.20. The molecule has 1 aromatic rings. The summed E-state index contributed by atoms with van der Waals surface area (Å²) in [5.74, 6) is 0.956. The van der Waals surface area contributed by atoms with E-state index in [2.05, 4.69) is 6.92 Å². The molecule has 1 nitrogen and oxygen atoms in total. The predicted octanol–water partition coefficient (Wildman–Crippen LogP) is 3.96. The summed E-state index contributed by atoms with van der Waals surface area (Å²) in [6.45, 7) is 2.94. The Morgan fingerprint density at radius 3 is 2.67 bits per heavy atom. The van der Waals surface area contributed by atoms with Crippen LogP contribution in [-0.2, 0) is 5.75 Å². The molecule has 2 N–H and O–H groups in total. The van der Waals surface area contributed by atoms with Gasteiger partial charge in [0.1, 0.15) is 0 Å². The van der Waals surface area contributed by atoms with E-state index < -0.39 is 0 Å². The van der Waals surface area contributed by atoms with Crippen molar-refractivity contribution < 1.29 is 0 Å². The average molecular weight is 264 g/mol. The molecule has 4 heteroatoms. The van der Waals surface area contributed by atoms with Gasteiger partial charge in [-0.2, -0.15) is 11.8 Å². The quantitative estimate of drug-likeness (QED) is 0.871. The first kappa shape index (κ1) is 13.2. The minimum atomic E-state index is 0.587. The minimum Gasteiger partial charge on any atom is -0.330 e. The van der Waals surface area contributed by atoms with Gasteiger partial charge in [-0.05, 0) is 30.7 Å².